The minimum absolute atomic E-state index is 0.189. The van der Waals surface area contributed by atoms with Crippen LogP contribution in [-0.4, -0.2) is 37.0 Å². The maximum atomic E-state index is 13.0. The van der Waals surface area contributed by atoms with Crippen molar-refractivity contribution in [3.63, 3.8) is 0 Å². The molecule has 4 rings (SSSR count). The number of rotatable bonds is 6. The molecular weight excluding hydrogens is 391 g/mol. The normalized spacial score (nSPS) is 13.9. The van der Waals surface area contributed by atoms with E-state index in [0.717, 1.165) is 31.7 Å². The van der Waals surface area contributed by atoms with Crippen LogP contribution in [0.2, 0.25) is 0 Å². The Labute approximate surface area is 182 Å². The highest BCUT2D eigenvalue weighted by Gasteiger charge is 2.21. The number of aryl methyl sites for hydroxylation is 2. The van der Waals surface area contributed by atoms with Crippen LogP contribution in [0.1, 0.15) is 17.5 Å². The van der Waals surface area contributed by atoms with Gasteiger partial charge < -0.3 is 14.5 Å². The fraction of sp³-hybridized carbons (Fsp3) is 0.269. The monoisotopic (exact) mass is 418 g/mol. The number of piperazine rings is 1. The van der Waals surface area contributed by atoms with E-state index < -0.39 is 0 Å². The number of nitrogens with zero attached hydrogens (tertiary/aromatic N) is 2. The van der Waals surface area contributed by atoms with E-state index in [1.165, 1.54) is 23.4 Å². The van der Waals surface area contributed by atoms with Crippen LogP contribution in [0.3, 0.4) is 0 Å². The summed E-state index contributed by atoms with van der Waals surface area (Å²) in [5.41, 5.74) is 3.53. The van der Waals surface area contributed by atoms with Gasteiger partial charge in [-0.3, -0.25) is 4.79 Å². The zero-order chi connectivity index (χ0) is 21.6. The van der Waals surface area contributed by atoms with Gasteiger partial charge in [0.2, 0.25) is 5.91 Å². The molecule has 0 atom stereocenters. The lowest BCUT2D eigenvalue weighted by Gasteiger charge is -2.36. The van der Waals surface area contributed by atoms with Gasteiger partial charge in [-0.05, 0) is 73.0 Å². The summed E-state index contributed by atoms with van der Waals surface area (Å²) in [7, 11) is 0. The number of amides is 1. The quantitative estimate of drug-likeness (QED) is 0.551. The Bertz CT molecular complexity index is 1030. The summed E-state index contributed by atoms with van der Waals surface area (Å²) in [4.78, 5) is 17.0. The smallest absolute Gasteiger partial charge is 0.223 e. The van der Waals surface area contributed by atoms with E-state index in [-0.39, 0.29) is 11.7 Å². The molecule has 4 nitrogen and oxygen atoms in total. The lowest BCUT2D eigenvalue weighted by atomic mass is 10.1. The first kappa shape index (κ1) is 20.9. The van der Waals surface area contributed by atoms with Gasteiger partial charge in [0.1, 0.15) is 17.3 Å². The Kier molecular flexibility index (Phi) is 6.51. The summed E-state index contributed by atoms with van der Waals surface area (Å²) in [5.74, 6) is 1.16. The van der Waals surface area contributed by atoms with Gasteiger partial charge in [-0.2, -0.15) is 0 Å². The van der Waals surface area contributed by atoms with Gasteiger partial charge in [-0.15, -0.1) is 0 Å². The Hall–Kier alpha value is -3.34. The highest BCUT2D eigenvalue weighted by Crippen LogP contribution is 2.23. The molecule has 31 heavy (non-hydrogen) atoms. The summed E-state index contributed by atoms with van der Waals surface area (Å²) < 4.78 is 18.8. The second kappa shape index (κ2) is 9.65. The van der Waals surface area contributed by atoms with Gasteiger partial charge in [0.25, 0.3) is 0 Å². The molecule has 0 bridgehead atoms. The Morgan fingerprint density at radius 2 is 1.65 bits per heavy atom. The third-order valence-electron chi connectivity index (χ3n) is 5.57. The van der Waals surface area contributed by atoms with Gasteiger partial charge in [0.15, 0.2) is 0 Å². The Balaban J connectivity index is 1.27. The maximum Gasteiger partial charge on any atom is 0.223 e. The summed E-state index contributed by atoms with van der Waals surface area (Å²) in [6, 6.07) is 22.2. The zero-order valence-electron chi connectivity index (χ0n) is 17.8. The van der Waals surface area contributed by atoms with E-state index in [2.05, 4.69) is 36.1 Å². The first-order valence-electron chi connectivity index (χ1n) is 10.7. The van der Waals surface area contributed by atoms with Crippen molar-refractivity contribution < 1.29 is 13.9 Å². The molecular formula is C26H27FN2O2. The van der Waals surface area contributed by atoms with Crippen LogP contribution in [0.5, 0.6) is 11.5 Å². The average molecular weight is 419 g/mol. The van der Waals surface area contributed by atoms with Crippen molar-refractivity contribution in [2.75, 3.05) is 31.1 Å². The topological polar surface area (TPSA) is 32.8 Å². The van der Waals surface area contributed by atoms with Gasteiger partial charge in [-0.25, -0.2) is 4.39 Å². The van der Waals surface area contributed by atoms with E-state index in [4.69, 9.17) is 4.74 Å². The lowest BCUT2D eigenvalue weighted by molar-refractivity contribution is -0.131. The van der Waals surface area contributed by atoms with E-state index in [0.29, 0.717) is 24.3 Å². The second-order valence-corrected chi connectivity index (χ2v) is 7.91. The highest BCUT2D eigenvalue weighted by molar-refractivity contribution is 5.76. The largest absolute Gasteiger partial charge is 0.457 e. The van der Waals surface area contributed by atoms with Crippen molar-refractivity contribution in [2.24, 2.45) is 0 Å². The second-order valence-electron chi connectivity index (χ2n) is 7.91. The summed E-state index contributed by atoms with van der Waals surface area (Å²) in [5, 5.41) is 0. The number of carbonyl (C=O) groups is 1. The standard InChI is InChI=1S/C26H27FN2O2/c1-20-4-2-6-23(18-20)28-14-16-29(17-15-28)26(30)13-8-21-5-3-7-25(19-21)31-24-11-9-22(27)10-12-24/h2-7,9-12,18-19H,8,13-17H2,1H3. The Morgan fingerprint density at radius 1 is 0.903 bits per heavy atom. The lowest BCUT2D eigenvalue weighted by Crippen LogP contribution is -2.48. The van der Waals surface area contributed by atoms with Crippen LogP contribution in [0, 0.1) is 12.7 Å². The summed E-state index contributed by atoms with van der Waals surface area (Å²) in [6.45, 7) is 5.32. The molecule has 0 spiro atoms. The number of halogens is 1. The minimum atomic E-state index is -0.292. The van der Waals surface area contributed by atoms with Crippen LogP contribution < -0.4 is 9.64 Å². The molecule has 1 aliphatic heterocycles. The van der Waals surface area contributed by atoms with Crippen LogP contribution in [0.15, 0.2) is 72.8 Å². The molecule has 1 saturated heterocycles. The van der Waals surface area contributed by atoms with Crippen LogP contribution in [0.4, 0.5) is 10.1 Å². The average Bonchev–Trinajstić information content (AvgIpc) is 2.79. The molecule has 3 aromatic rings. The van der Waals surface area contributed by atoms with Gasteiger partial charge in [0, 0.05) is 38.3 Å². The highest BCUT2D eigenvalue weighted by atomic mass is 19.1. The minimum Gasteiger partial charge on any atom is -0.457 e. The van der Waals surface area contributed by atoms with Crippen LogP contribution in [-0.2, 0) is 11.2 Å². The molecule has 0 unspecified atom stereocenters. The van der Waals surface area contributed by atoms with Crippen molar-refractivity contribution in [3.05, 3.63) is 89.7 Å². The molecule has 0 radical (unpaired) electrons. The van der Waals surface area contributed by atoms with Crippen LogP contribution >= 0.6 is 0 Å². The first-order chi connectivity index (χ1) is 15.1. The van der Waals surface area contributed by atoms with E-state index >= 15 is 0 Å². The van der Waals surface area contributed by atoms with Gasteiger partial charge in [0.05, 0.1) is 0 Å². The fourth-order valence-corrected chi connectivity index (χ4v) is 3.85. The van der Waals surface area contributed by atoms with Gasteiger partial charge in [-0.1, -0.05) is 24.3 Å². The van der Waals surface area contributed by atoms with Crippen molar-refractivity contribution >= 4 is 11.6 Å². The zero-order valence-corrected chi connectivity index (χ0v) is 17.8. The van der Waals surface area contributed by atoms with Crippen LogP contribution in [0.25, 0.3) is 0 Å². The SMILES string of the molecule is Cc1cccc(N2CCN(C(=O)CCc3cccc(Oc4ccc(F)cc4)c3)CC2)c1. The third-order valence-corrected chi connectivity index (χ3v) is 5.57. The molecule has 1 aliphatic rings. The van der Waals surface area contributed by atoms with Gasteiger partial charge >= 0.3 is 0 Å². The number of carbonyl (C=O) groups excluding carboxylic acids is 1. The fourth-order valence-electron chi connectivity index (χ4n) is 3.85. The molecule has 0 N–H and O–H groups in total. The molecule has 0 aliphatic carbocycles. The molecule has 5 heteroatoms. The predicted molar refractivity (Wildman–Crippen MR) is 121 cm³/mol. The summed E-state index contributed by atoms with van der Waals surface area (Å²) >= 11 is 0. The molecule has 0 saturated carbocycles. The molecule has 1 fully saturated rings. The molecule has 1 amide bonds. The third kappa shape index (κ3) is 5.63. The number of hydrogen-bond donors (Lipinski definition) is 0. The number of ether oxygens (including phenoxy) is 1. The molecule has 160 valence electrons. The van der Waals surface area contributed by atoms with E-state index in [9.17, 15) is 9.18 Å². The van der Waals surface area contributed by atoms with Crippen molar-refractivity contribution in [1.29, 1.82) is 0 Å². The number of anilines is 1. The van der Waals surface area contributed by atoms with E-state index in [1.54, 1.807) is 12.1 Å². The first-order valence-corrected chi connectivity index (χ1v) is 10.7. The molecule has 3 aromatic carbocycles. The number of benzene rings is 3. The molecule has 1 heterocycles. The Morgan fingerprint density at radius 3 is 2.39 bits per heavy atom. The van der Waals surface area contributed by atoms with E-state index in [1.807, 2.05) is 29.2 Å². The number of hydrogen-bond acceptors (Lipinski definition) is 3. The van der Waals surface area contributed by atoms with Crippen molar-refractivity contribution in [3.8, 4) is 11.5 Å². The molecule has 0 aromatic heterocycles. The predicted octanol–water partition coefficient (Wildman–Crippen LogP) is 5.21. The maximum absolute atomic E-state index is 13.0. The summed E-state index contributed by atoms with van der Waals surface area (Å²) in [6.07, 6.45) is 1.14. The van der Waals surface area contributed by atoms with Crippen molar-refractivity contribution in [2.45, 2.75) is 19.8 Å². The van der Waals surface area contributed by atoms with Crippen molar-refractivity contribution in [1.82, 2.24) is 4.90 Å².